The summed E-state index contributed by atoms with van der Waals surface area (Å²) in [4.78, 5) is 0. The van der Waals surface area contributed by atoms with Crippen molar-refractivity contribution in [3.8, 4) is 5.75 Å². The quantitative estimate of drug-likeness (QED) is 0.800. The number of ether oxygens (including phenoxy) is 3. The SMILES string of the molecule is COc1ccc([C@@H]2C=COC=C3COC[C@@H]32)cc1. The van der Waals surface area contributed by atoms with E-state index >= 15 is 0 Å². The molecule has 0 spiro atoms. The monoisotopic (exact) mass is 244 g/mol. The van der Waals surface area contributed by atoms with Crippen molar-refractivity contribution < 1.29 is 14.2 Å². The van der Waals surface area contributed by atoms with Gasteiger partial charge in [0.15, 0.2) is 0 Å². The lowest BCUT2D eigenvalue weighted by Crippen LogP contribution is -2.12. The molecule has 1 aromatic rings. The van der Waals surface area contributed by atoms with Crippen LogP contribution in [0.1, 0.15) is 11.5 Å². The highest BCUT2D eigenvalue weighted by atomic mass is 16.5. The Morgan fingerprint density at radius 3 is 2.83 bits per heavy atom. The zero-order chi connectivity index (χ0) is 12.4. The Labute approximate surface area is 107 Å². The van der Waals surface area contributed by atoms with Gasteiger partial charge in [-0.25, -0.2) is 0 Å². The Bertz CT molecular complexity index is 473. The highest BCUT2D eigenvalue weighted by molar-refractivity contribution is 5.34. The van der Waals surface area contributed by atoms with Gasteiger partial charge >= 0.3 is 0 Å². The molecule has 0 aromatic heterocycles. The summed E-state index contributed by atoms with van der Waals surface area (Å²) in [5.41, 5.74) is 2.50. The van der Waals surface area contributed by atoms with Crippen molar-refractivity contribution in [1.29, 1.82) is 0 Å². The number of hydrogen-bond acceptors (Lipinski definition) is 3. The van der Waals surface area contributed by atoms with E-state index in [1.54, 1.807) is 13.4 Å². The molecule has 18 heavy (non-hydrogen) atoms. The molecule has 0 saturated carbocycles. The van der Waals surface area contributed by atoms with Crippen LogP contribution in [0.25, 0.3) is 0 Å². The second-order valence-electron chi connectivity index (χ2n) is 4.58. The van der Waals surface area contributed by atoms with Gasteiger partial charge in [0.1, 0.15) is 5.75 Å². The number of rotatable bonds is 2. The average Bonchev–Trinajstić information content (AvgIpc) is 2.79. The van der Waals surface area contributed by atoms with Crippen LogP contribution in [-0.4, -0.2) is 20.3 Å². The molecule has 3 nitrogen and oxygen atoms in total. The largest absolute Gasteiger partial charge is 0.497 e. The molecular formula is C15H16O3. The molecule has 2 atom stereocenters. The molecule has 2 aliphatic rings. The van der Waals surface area contributed by atoms with Gasteiger partial charge in [-0.1, -0.05) is 12.1 Å². The van der Waals surface area contributed by atoms with Crippen molar-refractivity contribution in [1.82, 2.24) is 0 Å². The number of benzene rings is 1. The van der Waals surface area contributed by atoms with Crippen LogP contribution in [0.5, 0.6) is 5.75 Å². The highest BCUT2D eigenvalue weighted by Gasteiger charge is 2.31. The second kappa shape index (κ2) is 4.86. The Kier molecular flexibility index (Phi) is 3.07. The summed E-state index contributed by atoms with van der Waals surface area (Å²) in [6.07, 6.45) is 5.68. The maximum Gasteiger partial charge on any atom is 0.118 e. The van der Waals surface area contributed by atoms with Gasteiger partial charge < -0.3 is 14.2 Å². The van der Waals surface area contributed by atoms with Crippen molar-refractivity contribution >= 4 is 0 Å². The average molecular weight is 244 g/mol. The summed E-state index contributed by atoms with van der Waals surface area (Å²) in [5.74, 6) is 1.58. The maximum atomic E-state index is 5.54. The predicted octanol–water partition coefficient (Wildman–Crippen LogP) is 2.85. The first-order valence-electron chi connectivity index (χ1n) is 6.11. The number of allylic oxidation sites excluding steroid dienone is 1. The predicted molar refractivity (Wildman–Crippen MR) is 68.4 cm³/mol. The van der Waals surface area contributed by atoms with Crippen LogP contribution in [-0.2, 0) is 9.47 Å². The van der Waals surface area contributed by atoms with Crippen molar-refractivity contribution in [2.24, 2.45) is 5.92 Å². The van der Waals surface area contributed by atoms with Crippen molar-refractivity contribution in [3.05, 3.63) is 54.0 Å². The molecule has 0 radical (unpaired) electrons. The molecule has 2 aliphatic heterocycles. The third-order valence-corrected chi connectivity index (χ3v) is 3.56. The van der Waals surface area contributed by atoms with E-state index in [9.17, 15) is 0 Å². The number of fused-ring (bicyclic) bond motifs is 1. The lowest BCUT2D eigenvalue weighted by atomic mass is 9.83. The van der Waals surface area contributed by atoms with Crippen molar-refractivity contribution in [3.63, 3.8) is 0 Å². The van der Waals surface area contributed by atoms with Gasteiger partial charge in [-0.3, -0.25) is 0 Å². The van der Waals surface area contributed by atoms with Crippen LogP contribution in [0.3, 0.4) is 0 Å². The standard InChI is InChI=1S/C15H16O3/c1-16-13-4-2-11(3-5-13)14-6-7-17-8-12-9-18-10-15(12)14/h2-8,14-15H,9-10H2,1H3/t14-,15-/m0/s1. The zero-order valence-electron chi connectivity index (χ0n) is 10.3. The van der Waals surface area contributed by atoms with Crippen LogP contribution >= 0.6 is 0 Å². The fraction of sp³-hybridized carbons (Fsp3) is 0.333. The first-order chi connectivity index (χ1) is 8.88. The molecule has 0 unspecified atom stereocenters. The van der Waals surface area contributed by atoms with Gasteiger partial charge in [-0.15, -0.1) is 0 Å². The fourth-order valence-electron chi connectivity index (χ4n) is 2.53. The van der Waals surface area contributed by atoms with Gasteiger partial charge in [0.2, 0.25) is 0 Å². The minimum absolute atomic E-state index is 0.312. The second-order valence-corrected chi connectivity index (χ2v) is 4.58. The van der Waals surface area contributed by atoms with E-state index in [0.717, 1.165) is 12.4 Å². The summed E-state index contributed by atoms with van der Waals surface area (Å²) in [7, 11) is 1.68. The number of methoxy groups -OCH3 is 1. The number of hydrogen-bond donors (Lipinski definition) is 0. The lowest BCUT2D eigenvalue weighted by Gasteiger charge is -2.19. The highest BCUT2D eigenvalue weighted by Crippen LogP contribution is 2.37. The third kappa shape index (κ3) is 2.02. The third-order valence-electron chi connectivity index (χ3n) is 3.56. The summed E-state index contributed by atoms with van der Waals surface area (Å²) in [6.45, 7) is 1.44. The van der Waals surface area contributed by atoms with Gasteiger partial charge in [0.25, 0.3) is 0 Å². The van der Waals surface area contributed by atoms with E-state index in [-0.39, 0.29) is 0 Å². The smallest absolute Gasteiger partial charge is 0.118 e. The van der Waals surface area contributed by atoms with Crippen LogP contribution < -0.4 is 4.74 Å². The maximum absolute atomic E-state index is 5.54. The Balaban J connectivity index is 1.91. The molecule has 2 heterocycles. The van der Waals surface area contributed by atoms with Crippen LogP contribution in [0, 0.1) is 5.92 Å². The molecule has 94 valence electrons. The molecule has 1 fully saturated rings. The van der Waals surface area contributed by atoms with E-state index in [1.165, 1.54) is 11.1 Å². The first kappa shape index (κ1) is 11.4. The Morgan fingerprint density at radius 1 is 1.22 bits per heavy atom. The fourth-order valence-corrected chi connectivity index (χ4v) is 2.53. The molecule has 0 N–H and O–H groups in total. The molecule has 1 saturated heterocycles. The van der Waals surface area contributed by atoms with Gasteiger partial charge in [-0.05, 0) is 29.3 Å². The summed E-state index contributed by atoms with van der Waals surface area (Å²) in [6, 6.07) is 8.20. The zero-order valence-corrected chi connectivity index (χ0v) is 10.3. The van der Waals surface area contributed by atoms with E-state index < -0.39 is 0 Å². The summed E-state index contributed by atoms with van der Waals surface area (Å²) >= 11 is 0. The van der Waals surface area contributed by atoms with Crippen LogP contribution in [0.2, 0.25) is 0 Å². The Morgan fingerprint density at radius 2 is 2.06 bits per heavy atom. The first-order valence-corrected chi connectivity index (χ1v) is 6.11. The molecule has 1 aromatic carbocycles. The molecule has 3 rings (SSSR count). The minimum Gasteiger partial charge on any atom is -0.497 e. The topological polar surface area (TPSA) is 27.7 Å². The van der Waals surface area contributed by atoms with Crippen LogP contribution in [0.15, 0.2) is 48.4 Å². The van der Waals surface area contributed by atoms with Gasteiger partial charge in [0.05, 0.1) is 32.8 Å². The van der Waals surface area contributed by atoms with Crippen LogP contribution in [0.4, 0.5) is 0 Å². The van der Waals surface area contributed by atoms with Gasteiger partial charge in [-0.2, -0.15) is 0 Å². The van der Waals surface area contributed by atoms with E-state index in [1.807, 2.05) is 18.4 Å². The summed E-state index contributed by atoms with van der Waals surface area (Å²) in [5, 5.41) is 0. The lowest BCUT2D eigenvalue weighted by molar-refractivity contribution is 0.184. The normalized spacial score (nSPS) is 25.9. The van der Waals surface area contributed by atoms with E-state index in [4.69, 9.17) is 14.2 Å². The molecular weight excluding hydrogens is 228 g/mol. The van der Waals surface area contributed by atoms with E-state index in [0.29, 0.717) is 18.4 Å². The molecule has 0 bridgehead atoms. The van der Waals surface area contributed by atoms with E-state index in [2.05, 4.69) is 18.2 Å². The van der Waals surface area contributed by atoms with Crippen molar-refractivity contribution in [2.45, 2.75) is 5.92 Å². The van der Waals surface area contributed by atoms with Gasteiger partial charge in [0, 0.05) is 11.8 Å². The summed E-state index contributed by atoms with van der Waals surface area (Å²) < 4.78 is 16.1. The Hall–Kier alpha value is -1.74. The molecule has 0 aliphatic carbocycles. The van der Waals surface area contributed by atoms with Crippen molar-refractivity contribution in [2.75, 3.05) is 20.3 Å². The molecule has 0 amide bonds. The molecule has 3 heteroatoms. The minimum atomic E-state index is 0.312.